The lowest BCUT2D eigenvalue weighted by molar-refractivity contribution is 0.0787. The van der Waals surface area contributed by atoms with Crippen LogP contribution in [0.15, 0.2) is 30.3 Å². The molecule has 114 valence electrons. The van der Waals surface area contributed by atoms with Gasteiger partial charge in [0.2, 0.25) is 0 Å². The topological polar surface area (TPSA) is 29.3 Å². The highest BCUT2D eigenvalue weighted by atomic mass is 32.1. The van der Waals surface area contributed by atoms with E-state index in [0.717, 1.165) is 12.5 Å². The van der Waals surface area contributed by atoms with E-state index in [2.05, 4.69) is 49.1 Å². The fraction of sp³-hybridized carbons (Fsp3) is 0.556. The summed E-state index contributed by atoms with van der Waals surface area (Å²) < 4.78 is 1.40. The summed E-state index contributed by atoms with van der Waals surface area (Å²) in [4.78, 5) is 4.11. The molecule has 1 aromatic carbocycles. The molecule has 3 unspecified atom stereocenters. The normalized spacial score (nSPS) is 25.3. The molecule has 3 rings (SSSR count). The Hall–Kier alpha value is -0.900. The van der Waals surface area contributed by atoms with Crippen molar-refractivity contribution in [2.75, 3.05) is 13.1 Å². The molecule has 3 heteroatoms. The lowest BCUT2D eigenvalue weighted by Gasteiger charge is -2.42. The fourth-order valence-corrected chi connectivity index (χ4v) is 4.77. The lowest BCUT2D eigenvalue weighted by atomic mass is 9.88. The number of benzene rings is 1. The maximum atomic E-state index is 6.06. The van der Waals surface area contributed by atoms with Gasteiger partial charge in [-0.1, -0.05) is 31.5 Å². The van der Waals surface area contributed by atoms with Gasteiger partial charge in [-0.3, -0.25) is 4.90 Å². The van der Waals surface area contributed by atoms with E-state index in [4.69, 9.17) is 5.73 Å². The van der Waals surface area contributed by atoms with Crippen molar-refractivity contribution < 1.29 is 0 Å². The number of hydrogen-bond acceptors (Lipinski definition) is 3. The van der Waals surface area contributed by atoms with E-state index in [9.17, 15) is 0 Å². The molecule has 0 amide bonds. The lowest BCUT2D eigenvalue weighted by Crippen LogP contribution is -2.47. The zero-order chi connectivity index (χ0) is 14.8. The molecule has 2 nitrogen and oxygen atoms in total. The van der Waals surface area contributed by atoms with Crippen LogP contribution in [0, 0.1) is 5.92 Å². The molecule has 1 saturated heterocycles. The molecule has 21 heavy (non-hydrogen) atoms. The molecule has 3 atom stereocenters. The van der Waals surface area contributed by atoms with Gasteiger partial charge in [0, 0.05) is 28.2 Å². The second-order valence-electron chi connectivity index (χ2n) is 6.29. The first kappa shape index (κ1) is 15.0. The van der Waals surface area contributed by atoms with Crippen molar-refractivity contribution in [3.63, 3.8) is 0 Å². The molecule has 2 heterocycles. The van der Waals surface area contributed by atoms with Gasteiger partial charge in [-0.05, 0) is 49.7 Å². The SMILES string of the molecule is CCC1CCN(C(C)c2cc3ccccc3s2)C(CN)C1. The van der Waals surface area contributed by atoms with Crippen LogP contribution in [-0.4, -0.2) is 24.0 Å². The van der Waals surface area contributed by atoms with E-state index in [1.54, 1.807) is 0 Å². The smallest absolute Gasteiger partial charge is 0.0417 e. The Bertz CT molecular complexity index is 559. The number of hydrogen-bond donors (Lipinski definition) is 1. The first-order valence-electron chi connectivity index (χ1n) is 8.17. The number of fused-ring (bicyclic) bond motifs is 1. The summed E-state index contributed by atoms with van der Waals surface area (Å²) in [6, 6.07) is 12.1. The van der Waals surface area contributed by atoms with Crippen LogP contribution in [-0.2, 0) is 0 Å². The highest BCUT2D eigenvalue weighted by Gasteiger charge is 2.30. The van der Waals surface area contributed by atoms with Gasteiger partial charge < -0.3 is 5.73 Å². The predicted molar refractivity (Wildman–Crippen MR) is 92.8 cm³/mol. The summed E-state index contributed by atoms with van der Waals surface area (Å²) in [6.45, 7) is 6.63. The molecule has 2 aromatic rings. The van der Waals surface area contributed by atoms with Gasteiger partial charge in [-0.25, -0.2) is 0 Å². The maximum absolute atomic E-state index is 6.06. The summed E-state index contributed by atoms with van der Waals surface area (Å²) >= 11 is 1.94. The Morgan fingerprint density at radius 3 is 2.90 bits per heavy atom. The standard InChI is InChI=1S/C18H26N2S/c1-3-14-8-9-20(16(10-14)12-19)13(2)18-11-15-6-4-5-7-17(15)21-18/h4-7,11,13-14,16H,3,8-10,12,19H2,1-2H3. The summed E-state index contributed by atoms with van der Waals surface area (Å²) in [6.07, 6.45) is 3.88. The summed E-state index contributed by atoms with van der Waals surface area (Å²) in [5.41, 5.74) is 6.06. The second-order valence-corrected chi connectivity index (χ2v) is 7.40. The predicted octanol–water partition coefficient (Wildman–Crippen LogP) is 4.41. The van der Waals surface area contributed by atoms with Crippen LogP contribution in [0.2, 0.25) is 0 Å². The zero-order valence-electron chi connectivity index (χ0n) is 13.1. The Labute approximate surface area is 131 Å². The first-order valence-corrected chi connectivity index (χ1v) is 8.98. The highest BCUT2D eigenvalue weighted by Crippen LogP contribution is 2.36. The van der Waals surface area contributed by atoms with E-state index >= 15 is 0 Å². The quantitative estimate of drug-likeness (QED) is 0.906. The molecule has 1 aromatic heterocycles. The third-order valence-electron chi connectivity index (χ3n) is 5.07. The molecule has 0 bridgehead atoms. The van der Waals surface area contributed by atoms with E-state index < -0.39 is 0 Å². The molecule has 0 saturated carbocycles. The maximum Gasteiger partial charge on any atom is 0.0417 e. The monoisotopic (exact) mass is 302 g/mol. The number of nitrogens with zero attached hydrogens (tertiary/aromatic N) is 1. The second kappa shape index (κ2) is 6.47. The highest BCUT2D eigenvalue weighted by molar-refractivity contribution is 7.19. The van der Waals surface area contributed by atoms with Crippen LogP contribution >= 0.6 is 11.3 Å². The van der Waals surface area contributed by atoms with Gasteiger partial charge in [-0.2, -0.15) is 0 Å². The largest absolute Gasteiger partial charge is 0.329 e. The van der Waals surface area contributed by atoms with E-state index in [1.807, 2.05) is 11.3 Å². The van der Waals surface area contributed by atoms with Crippen LogP contribution < -0.4 is 5.73 Å². The summed E-state index contributed by atoms with van der Waals surface area (Å²) in [5.74, 6) is 0.865. The summed E-state index contributed by atoms with van der Waals surface area (Å²) in [5, 5.41) is 1.37. The molecule has 1 aliphatic heterocycles. The minimum atomic E-state index is 0.480. The van der Waals surface area contributed by atoms with Crippen molar-refractivity contribution in [1.82, 2.24) is 4.90 Å². The van der Waals surface area contributed by atoms with Crippen molar-refractivity contribution in [3.8, 4) is 0 Å². The number of likely N-dealkylation sites (tertiary alicyclic amines) is 1. The minimum absolute atomic E-state index is 0.480. The molecule has 0 spiro atoms. The average Bonchev–Trinajstić information content (AvgIpc) is 2.97. The molecule has 0 aliphatic carbocycles. The van der Waals surface area contributed by atoms with Gasteiger partial charge in [0.15, 0.2) is 0 Å². The fourth-order valence-electron chi connectivity index (χ4n) is 3.64. The van der Waals surface area contributed by atoms with Crippen LogP contribution in [0.1, 0.15) is 44.0 Å². The Morgan fingerprint density at radius 2 is 2.19 bits per heavy atom. The Morgan fingerprint density at radius 1 is 1.38 bits per heavy atom. The molecular formula is C18H26N2S. The number of piperidine rings is 1. The van der Waals surface area contributed by atoms with Crippen molar-refractivity contribution >= 4 is 21.4 Å². The van der Waals surface area contributed by atoms with Gasteiger partial charge >= 0.3 is 0 Å². The van der Waals surface area contributed by atoms with E-state index in [-0.39, 0.29) is 0 Å². The molecule has 1 fully saturated rings. The molecule has 2 N–H and O–H groups in total. The van der Waals surface area contributed by atoms with Crippen molar-refractivity contribution in [2.24, 2.45) is 11.7 Å². The van der Waals surface area contributed by atoms with Crippen molar-refractivity contribution in [2.45, 2.75) is 45.2 Å². The molecule has 1 aliphatic rings. The van der Waals surface area contributed by atoms with Crippen LogP contribution in [0.5, 0.6) is 0 Å². The first-order chi connectivity index (χ1) is 10.2. The third kappa shape index (κ3) is 3.01. The number of rotatable bonds is 4. The Kier molecular flexibility index (Phi) is 4.63. The number of thiophene rings is 1. The third-order valence-corrected chi connectivity index (χ3v) is 6.36. The van der Waals surface area contributed by atoms with Crippen molar-refractivity contribution in [1.29, 1.82) is 0 Å². The van der Waals surface area contributed by atoms with Crippen LogP contribution in [0.3, 0.4) is 0 Å². The number of nitrogens with two attached hydrogens (primary N) is 1. The molecule has 0 radical (unpaired) electrons. The van der Waals surface area contributed by atoms with E-state index in [0.29, 0.717) is 12.1 Å². The average molecular weight is 302 g/mol. The van der Waals surface area contributed by atoms with Crippen molar-refractivity contribution in [3.05, 3.63) is 35.2 Å². The van der Waals surface area contributed by atoms with Gasteiger partial charge in [0.05, 0.1) is 0 Å². The Balaban J connectivity index is 1.81. The van der Waals surface area contributed by atoms with E-state index in [1.165, 1.54) is 40.8 Å². The van der Waals surface area contributed by atoms with Gasteiger partial charge in [0.25, 0.3) is 0 Å². The summed E-state index contributed by atoms with van der Waals surface area (Å²) in [7, 11) is 0. The zero-order valence-corrected chi connectivity index (χ0v) is 13.9. The van der Waals surface area contributed by atoms with Crippen LogP contribution in [0.25, 0.3) is 10.1 Å². The van der Waals surface area contributed by atoms with Gasteiger partial charge in [-0.15, -0.1) is 11.3 Å². The minimum Gasteiger partial charge on any atom is -0.329 e. The molecular weight excluding hydrogens is 276 g/mol. The van der Waals surface area contributed by atoms with Crippen LogP contribution in [0.4, 0.5) is 0 Å². The van der Waals surface area contributed by atoms with Gasteiger partial charge in [0.1, 0.15) is 0 Å².